The number of hydrogen-bond donors (Lipinski definition) is 0. The van der Waals surface area contributed by atoms with Crippen LogP contribution in [0.15, 0.2) is 95.5 Å². The average molecular weight is 505 g/mol. The molecule has 7 aromatic rings. The highest BCUT2D eigenvalue weighted by molar-refractivity contribution is 6.18. The summed E-state index contributed by atoms with van der Waals surface area (Å²) >= 11 is 0. The van der Waals surface area contributed by atoms with Crippen molar-refractivity contribution < 1.29 is 23.2 Å². The van der Waals surface area contributed by atoms with Gasteiger partial charge in [-0.2, -0.15) is 4.57 Å². The number of benzene rings is 5. The molecule has 0 saturated carbocycles. The summed E-state index contributed by atoms with van der Waals surface area (Å²) in [6, 6.07) is 23.6. The van der Waals surface area contributed by atoms with Crippen molar-refractivity contribution in [1.29, 1.82) is 0 Å². The van der Waals surface area contributed by atoms with Gasteiger partial charge in [0, 0.05) is 21.0 Å². The summed E-state index contributed by atoms with van der Waals surface area (Å²) < 4.78 is 71.5. The monoisotopic (exact) mass is 504 g/mol. The molecule has 2 nitrogen and oxygen atoms in total. The molecular formula is C34H24F2NO+. The molecule has 0 bridgehead atoms. The molecular weight excluding hydrogens is 476 g/mol. The van der Waals surface area contributed by atoms with E-state index < -0.39 is 24.0 Å². The highest BCUT2D eigenvalue weighted by Gasteiger charge is 2.25. The van der Waals surface area contributed by atoms with Gasteiger partial charge >= 0.3 is 0 Å². The molecule has 38 heavy (non-hydrogen) atoms. The third-order valence-electron chi connectivity index (χ3n) is 7.37. The van der Waals surface area contributed by atoms with Gasteiger partial charge in [-0.3, -0.25) is 0 Å². The zero-order valence-corrected chi connectivity index (χ0v) is 20.7. The van der Waals surface area contributed by atoms with Crippen molar-refractivity contribution >= 4 is 43.5 Å². The van der Waals surface area contributed by atoms with Gasteiger partial charge in [0.1, 0.15) is 24.0 Å². The van der Waals surface area contributed by atoms with Crippen LogP contribution in [0.4, 0.5) is 8.78 Å². The van der Waals surface area contributed by atoms with Gasteiger partial charge in [-0.15, -0.1) is 0 Å². The Labute approximate surface area is 224 Å². The Hall–Kier alpha value is -4.57. The first-order valence-corrected chi connectivity index (χ1v) is 12.3. The molecule has 0 aliphatic heterocycles. The largest absolute Gasteiger partial charge is 0.454 e. The molecule has 0 N–H and O–H groups in total. The first kappa shape index (κ1) is 18.6. The maximum atomic E-state index is 16.0. The average Bonchev–Trinajstić information content (AvgIpc) is 3.32. The third kappa shape index (κ3) is 3.20. The first-order chi connectivity index (χ1) is 20.1. The van der Waals surface area contributed by atoms with E-state index in [1.165, 1.54) is 16.7 Å². The lowest BCUT2D eigenvalue weighted by atomic mass is 9.92. The standard InChI is InChI=1S/C34H24F2NO/c1-19-12-13-25-26-14-15-28(35)32(27-17-21-8-4-5-9-22(21)23-10-6-7-11-24(23)27)34(26)38-33(25)31(19)30-16-20(2)29(36)18-37(30)3/h4-18H,1-3H3/q+1/i2D3,17D. The topological polar surface area (TPSA) is 17.0 Å². The van der Waals surface area contributed by atoms with E-state index in [-0.39, 0.29) is 17.2 Å². The highest BCUT2D eigenvalue weighted by atomic mass is 19.1. The summed E-state index contributed by atoms with van der Waals surface area (Å²) in [5, 5.41) is 4.59. The molecule has 0 radical (unpaired) electrons. The van der Waals surface area contributed by atoms with Crippen LogP contribution in [-0.2, 0) is 7.05 Å². The normalized spacial score (nSPS) is 13.7. The highest BCUT2D eigenvalue weighted by Crippen LogP contribution is 2.44. The first-order valence-electron chi connectivity index (χ1n) is 14.3. The van der Waals surface area contributed by atoms with Gasteiger partial charge in [0.05, 0.1) is 12.5 Å². The summed E-state index contributed by atoms with van der Waals surface area (Å²) in [6.07, 6.45) is 1.15. The minimum absolute atomic E-state index is 0.186. The van der Waals surface area contributed by atoms with E-state index in [1.807, 2.05) is 67.6 Å². The molecule has 184 valence electrons. The third-order valence-corrected chi connectivity index (χ3v) is 7.37. The van der Waals surface area contributed by atoms with Gasteiger partial charge < -0.3 is 4.42 Å². The molecule has 0 saturated heterocycles. The predicted octanol–water partition coefficient (Wildman–Crippen LogP) is 8.95. The van der Waals surface area contributed by atoms with Crippen molar-refractivity contribution in [3.05, 3.63) is 114 Å². The molecule has 7 rings (SSSR count). The summed E-state index contributed by atoms with van der Waals surface area (Å²) in [5.41, 5.74) is 2.74. The fourth-order valence-corrected chi connectivity index (χ4v) is 5.56. The molecule has 0 aliphatic carbocycles. The second-order valence-corrected chi connectivity index (χ2v) is 9.66. The van der Waals surface area contributed by atoms with E-state index >= 15 is 4.39 Å². The number of furan rings is 1. The molecule has 4 heteroatoms. The number of hydrogen-bond acceptors (Lipinski definition) is 1. The zero-order valence-electron chi connectivity index (χ0n) is 24.7. The van der Waals surface area contributed by atoms with Crippen molar-refractivity contribution in [2.75, 3.05) is 0 Å². The van der Waals surface area contributed by atoms with Crippen LogP contribution in [0.3, 0.4) is 0 Å². The Kier molecular flexibility index (Phi) is 4.03. The molecule has 5 aromatic carbocycles. The minimum atomic E-state index is -2.65. The summed E-state index contributed by atoms with van der Waals surface area (Å²) in [4.78, 5) is 0. The van der Waals surface area contributed by atoms with Gasteiger partial charge in [0.15, 0.2) is 5.82 Å². The van der Waals surface area contributed by atoms with Crippen LogP contribution < -0.4 is 4.57 Å². The number of pyridine rings is 1. The number of fused-ring (bicyclic) bond motifs is 6. The summed E-state index contributed by atoms with van der Waals surface area (Å²) in [5.74, 6) is -1.35. The van der Waals surface area contributed by atoms with Gasteiger partial charge in [0.25, 0.3) is 0 Å². The maximum absolute atomic E-state index is 16.0. The number of nitrogens with zero attached hydrogens (tertiary/aromatic N) is 1. The lowest BCUT2D eigenvalue weighted by Crippen LogP contribution is -2.31. The van der Waals surface area contributed by atoms with Crippen molar-refractivity contribution in [2.45, 2.75) is 13.8 Å². The number of aromatic nitrogens is 1. The van der Waals surface area contributed by atoms with Gasteiger partial charge in [-0.25, -0.2) is 8.78 Å². The fraction of sp³-hybridized carbons (Fsp3) is 0.0882. The van der Waals surface area contributed by atoms with Crippen molar-refractivity contribution in [3.8, 4) is 22.4 Å². The Morgan fingerprint density at radius 2 is 1.42 bits per heavy atom. The quantitative estimate of drug-likeness (QED) is 0.170. The van der Waals surface area contributed by atoms with E-state index in [0.29, 0.717) is 38.6 Å². The van der Waals surface area contributed by atoms with Crippen LogP contribution >= 0.6 is 0 Å². The molecule has 0 fully saturated rings. The molecule has 2 heterocycles. The van der Waals surface area contributed by atoms with E-state index in [2.05, 4.69) is 0 Å². The lowest BCUT2D eigenvalue weighted by molar-refractivity contribution is -0.662. The van der Waals surface area contributed by atoms with Crippen molar-refractivity contribution in [3.63, 3.8) is 0 Å². The Morgan fingerprint density at radius 1 is 0.737 bits per heavy atom. The SMILES string of the molecule is [2H]c1c(-c2c(F)ccc3c2oc2c(-c4cc(C([2H])([2H])[2H])c(F)c[n+]4C)c(C)ccc23)c2ccccc2c2ccccc12. The van der Waals surface area contributed by atoms with E-state index in [0.717, 1.165) is 27.9 Å². The van der Waals surface area contributed by atoms with E-state index in [4.69, 9.17) is 8.53 Å². The molecule has 0 aliphatic rings. The van der Waals surface area contributed by atoms with Crippen LogP contribution in [0.5, 0.6) is 0 Å². The van der Waals surface area contributed by atoms with Crippen LogP contribution in [-0.4, -0.2) is 0 Å². The number of aryl methyl sites for hydroxylation is 3. The van der Waals surface area contributed by atoms with Gasteiger partial charge in [-0.1, -0.05) is 60.7 Å². The number of rotatable bonds is 2. The van der Waals surface area contributed by atoms with Crippen molar-refractivity contribution in [2.24, 2.45) is 7.05 Å². The molecule has 0 spiro atoms. The Bertz CT molecular complexity index is 2250. The maximum Gasteiger partial charge on any atom is 0.216 e. The Morgan fingerprint density at radius 3 is 2.21 bits per heavy atom. The molecule has 2 aromatic heterocycles. The minimum Gasteiger partial charge on any atom is -0.454 e. The van der Waals surface area contributed by atoms with Crippen LogP contribution in [0.1, 0.15) is 16.6 Å². The smallest absolute Gasteiger partial charge is 0.216 e. The molecule has 0 amide bonds. The molecule has 0 atom stereocenters. The predicted molar refractivity (Wildman–Crippen MR) is 150 cm³/mol. The van der Waals surface area contributed by atoms with Crippen molar-refractivity contribution in [1.82, 2.24) is 0 Å². The second kappa shape index (κ2) is 8.22. The summed E-state index contributed by atoms with van der Waals surface area (Å²) in [7, 11) is 1.64. The zero-order chi connectivity index (χ0) is 29.5. The van der Waals surface area contributed by atoms with Crippen LogP contribution in [0, 0.1) is 25.4 Å². The van der Waals surface area contributed by atoms with Gasteiger partial charge in [0.2, 0.25) is 11.9 Å². The van der Waals surface area contributed by atoms with E-state index in [9.17, 15) is 5.76 Å². The number of halogens is 2. The second-order valence-electron chi connectivity index (χ2n) is 9.66. The fourth-order valence-electron chi connectivity index (χ4n) is 5.56. The van der Waals surface area contributed by atoms with Crippen LogP contribution in [0.2, 0.25) is 0 Å². The van der Waals surface area contributed by atoms with Gasteiger partial charge in [-0.05, 0) is 70.2 Å². The van der Waals surface area contributed by atoms with Crippen LogP contribution in [0.25, 0.3) is 65.9 Å². The van der Waals surface area contributed by atoms with E-state index in [1.54, 1.807) is 13.1 Å². The summed E-state index contributed by atoms with van der Waals surface area (Å²) in [6.45, 7) is -0.790. The Balaban J connectivity index is 1.61. The molecule has 0 unspecified atom stereocenters. The lowest BCUT2D eigenvalue weighted by Gasteiger charge is -2.12.